The van der Waals surface area contributed by atoms with Gasteiger partial charge in [0.25, 0.3) is 0 Å². The molecule has 0 amide bonds. The number of rotatable bonds is 10. The molecule has 0 N–H and O–H groups in total. The lowest BCUT2D eigenvalue weighted by Gasteiger charge is -2.27. The average Bonchev–Trinajstić information content (AvgIpc) is 2.89. The predicted molar refractivity (Wildman–Crippen MR) is 141 cm³/mol. The minimum Gasteiger partial charge on any atom is -0.491 e. The quantitative estimate of drug-likeness (QED) is 0.255. The smallest absolute Gasteiger partial charge is 0.166 e. The first-order valence-electron chi connectivity index (χ1n) is 13.4. The van der Waals surface area contributed by atoms with Crippen molar-refractivity contribution in [1.29, 1.82) is 0 Å². The van der Waals surface area contributed by atoms with Crippen molar-refractivity contribution in [3.8, 4) is 16.9 Å². The van der Waals surface area contributed by atoms with E-state index in [1.165, 1.54) is 6.07 Å². The number of aryl methyl sites for hydroxylation is 2. The van der Waals surface area contributed by atoms with Crippen molar-refractivity contribution >= 4 is 0 Å². The molecule has 3 aromatic carbocycles. The molecule has 0 bridgehead atoms. The van der Waals surface area contributed by atoms with Crippen LogP contribution in [0, 0.1) is 23.4 Å². The molecule has 4 heteroatoms. The van der Waals surface area contributed by atoms with Gasteiger partial charge in [-0.05, 0) is 78.3 Å². The summed E-state index contributed by atoms with van der Waals surface area (Å²) in [5, 5.41) is 0. The van der Waals surface area contributed by atoms with E-state index >= 15 is 4.39 Å². The Bertz CT molecular complexity index is 1130. The van der Waals surface area contributed by atoms with Crippen LogP contribution in [0.15, 0.2) is 54.6 Å². The molecule has 0 heterocycles. The molecule has 3 aromatic rings. The number of hydrogen-bond donors (Lipinski definition) is 0. The van der Waals surface area contributed by atoms with Gasteiger partial charge in [-0.25, -0.2) is 13.2 Å². The Morgan fingerprint density at radius 2 is 1.47 bits per heavy atom. The lowest BCUT2D eigenvalue weighted by atomic mass is 9.79. The van der Waals surface area contributed by atoms with Gasteiger partial charge in [0.05, 0.1) is 6.61 Å². The van der Waals surface area contributed by atoms with Crippen LogP contribution in [0.4, 0.5) is 13.2 Å². The fourth-order valence-electron chi connectivity index (χ4n) is 5.16. The SMILES string of the molecule is CCCCCOc1ccc(CCc2ccc(-c3ccc(C4CCC(C)CC4)c(F)c3F)cc2)cc1F. The number of halogens is 3. The largest absolute Gasteiger partial charge is 0.491 e. The van der Waals surface area contributed by atoms with E-state index in [1.54, 1.807) is 18.2 Å². The van der Waals surface area contributed by atoms with Crippen LogP contribution in [0.5, 0.6) is 5.75 Å². The molecule has 1 aliphatic carbocycles. The van der Waals surface area contributed by atoms with E-state index in [2.05, 4.69) is 13.8 Å². The van der Waals surface area contributed by atoms with E-state index in [1.807, 2.05) is 30.3 Å². The lowest BCUT2D eigenvalue weighted by Crippen LogP contribution is -2.13. The number of hydrogen-bond acceptors (Lipinski definition) is 1. The van der Waals surface area contributed by atoms with Crippen LogP contribution in [0.1, 0.15) is 81.4 Å². The second-order valence-electron chi connectivity index (χ2n) is 10.3. The molecule has 0 aliphatic heterocycles. The van der Waals surface area contributed by atoms with Crippen LogP contribution in [-0.2, 0) is 12.8 Å². The van der Waals surface area contributed by atoms with E-state index in [0.29, 0.717) is 41.4 Å². The van der Waals surface area contributed by atoms with Gasteiger partial charge >= 0.3 is 0 Å². The third kappa shape index (κ3) is 6.52. The van der Waals surface area contributed by atoms with Gasteiger partial charge in [0.1, 0.15) is 0 Å². The third-order valence-electron chi connectivity index (χ3n) is 7.54. The highest BCUT2D eigenvalue weighted by Gasteiger charge is 2.25. The monoisotopic (exact) mass is 494 g/mol. The van der Waals surface area contributed by atoms with Gasteiger partial charge in [-0.15, -0.1) is 0 Å². The van der Waals surface area contributed by atoms with Gasteiger partial charge in [-0.3, -0.25) is 0 Å². The van der Waals surface area contributed by atoms with Gasteiger partial charge in [-0.2, -0.15) is 0 Å². The number of ether oxygens (including phenoxy) is 1. The van der Waals surface area contributed by atoms with Gasteiger partial charge in [0.2, 0.25) is 0 Å². The van der Waals surface area contributed by atoms with Crippen LogP contribution in [0.3, 0.4) is 0 Å². The standard InChI is InChI=1S/C32H37F3O/c1-3-4-5-20-36-30-19-12-24(21-29(30)33)9-8-23-10-15-26(16-11-23)28-18-17-27(31(34)32(28)35)25-13-6-22(2)7-14-25/h10-12,15-19,21-22,25H,3-9,13-14,20H2,1-2H3. The molecule has 1 aliphatic rings. The maximum Gasteiger partial charge on any atom is 0.166 e. The first-order valence-corrected chi connectivity index (χ1v) is 13.4. The molecule has 0 aromatic heterocycles. The van der Waals surface area contributed by atoms with Crippen LogP contribution in [-0.4, -0.2) is 6.61 Å². The summed E-state index contributed by atoms with van der Waals surface area (Å²) >= 11 is 0. The molecule has 0 radical (unpaired) electrons. The van der Waals surface area contributed by atoms with Crippen LogP contribution in [0.25, 0.3) is 11.1 Å². The van der Waals surface area contributed by atoms with Gasteiger partial charge in [0, 0.05) is 5.56 Å². The topological polar surface area (TPSA) is 9.23 Å². The fourth-order valence-corrected chi connectivity index (χ4v) is 5.16. The minimum absolute atomic E-state index is 0.110. The molecule has 1 fully saturated rings. The Hall–Kier alpha value is -2.75. The summed E-state index contributed by atoms with van der Waals surface area (Å²) in [5.74, 6) is -0.707. The number of benzene rings is 3. The Kier molecular flexibility index (Phi) is 9.12. The summed E-state index contributed by atoms with van der Waals surface area (Å²) in [4.78, 5) is 0. The van der Waals surface area contributed by atoms with Crippen LogP contribution >= 0.6 is 0 Å². The molecule has 0 unspecified atom stereocenters. The molecule has 0 spiro atoms. The molecule has 0 saturated heterocycles. The Morgan fingerprint density at radius 3 is 2.17 bits per heavy atom. The summed E-state index contributed by atoms with van der Waals surface area (Å²) in [6, 6.07) is 16.2. The van der Waals surface area contributed by atoms with Crippen molar-refractivity contribution in [2.24, 2.45) is 5.92 Å². The minimum atomic E-state index is -0.758. The maximum absolute atomic E-state index is 15.0. The zero-order valence-electron chi connectivity index (χ0n) is 21.5. The normalized spacial score (nSPS) is 17.8. The van der Waals surface area contributed by atoms with Crippen molar-refractivity contribution in [2.45, 2.75) is 77.6 Å². The van der Waals surface area contributed by atoms with Gasteiger partial charge in [0.15, 0.2) is 23.2 Å². The maximum atomic E-state index is 15.0. The van der Waals surface area contributed by atoms with E-state index in [4.69, 9.17) is 4.74 Å². The summed E-state index contributed by atoms with van der Waals surface area (Å²) in [6.07, 6.45) is 8.49. The summed E-state index contributed by atoms with van der Waals surface area (Å²) in [6.45, 7) is 4.87. The predicted octanol–water partition coefficient (Wildman–Crippen LogP) is 9.42. The Labute approximate surface area is 213 Å². The first-order chi connectivity index (χ1) is 17.5. The molecule has 1 nitrogen and oxygen atoms in total. The van der Waals surface area contributed by atoms with Crippen molar-refractivity contribution in [1.82, 2.24) is 0 Å². The molecule has 36 heavy (non-hydrogen) atoms. The summed E-state index contributed by atoms with van der Waals surface area (Å²) in [7, 11) is 0. The third-order valence-corrected chi connectivity index (χ3v) is 7.54. The summed E-state index contributed by atoms with van der Waals surface area (Å²) in [5.41, 5.74) is 3.44. The first kappa shape index (κ1) is 26.3. The molecule has 1 saturated carbocycles. The Morgan fingerprint density at radius 1 is 0.778 bits per heavy atom. The highest BCUT2D eigenvalue weighted by atomic mass is 19.2. The molecule has 4 rings (SSSR count). The highest BCUT2D eigenvalue weighted by Crippen LogP contribution is 2.38. The summed E-state index contributed by atoms with van der Waals surface area (Å²) < 4.78 is 49.9. The highest BCUT2D eigenvalue weighted by molar-refractivity contribution is 5.65. The fraction of sp³-hybridized carbons (Fsp3) is 0.438. The average molecular weight is 495 g/mol. The van der Waals surface area contributed by atoms with Gasteiger partial charge < -0.3 is 4.74 Å². The van der Waals surface area contributed by atoms with E-state index < -0.39 is 11.6 Å². The van der Waals surface area contributed by atoms with Crippen molar-refractivity contribution < 1.29 is 17.9 Å². The molecule has 192 valence electrons. The second-order valence-corrected chi connectivity index (χ2v) is 10.3. The molecular formula is C32H37F3O. The second kappa shape index (κ2) is 12.5. The zero-order chi connectivity index (χ0) is 25.5. The van der Waals surface area contributed by atoms with Crippen molar-refractivity contribution in [2.75, 3.05) is 6.61 Å². The van der Waals surface area contributed by atoms with E-state index in [9.17, 15) is 8.78 Å². The van der Waals surface area contributed by atoms with E-state index in [-0.39, 0.29) is 11.7 Å². The number of unbranched alkanes of at least 4 members (excludes halogenated alkanes) is 2. The molecular weight excluding hydrogens is 457 g/mol. The Balaban J connectivity index is 1.37. The van der Waals surface area contributed by atoms with Crippen LogP contribution in [0.2, 0.25) is 0 Å². The lowest BCUT2D eigenvalue weighted by molar-refractivity contribution is 0.291. The van der Waals surface area contributed by atoms with Crippen molar-refractivity contribution in [3.05, 3.63) is 88.7 Å². The van der Waals surface area contributed by atoms with E-state index in [0.717, 1.165) is 62.5 Å². The zero-order valence-corrected chi connectivity index (χ0v) is 21.5. The van der Waals surface area contributed by atoms with Crippen LogP contribution < -0.4 is 4.74 Å². The molecule has 0 atom stereocenters. The van der Waals surface area contributed by atoms with Gasteiger partial charge in [-0.1, -0.05) is 82.0 Å². The van der Waals surface area contributed by atoms with Crippen molar-refractivity contribution in [3.63, 3.8) is 0 Å².